The van der Waals surface area contributed by atoms with Gasteiger partial charge in [-0.15, -0.1) is 0 Å². The minimum absolute atomic E-state index is 0.105. The van der Waals surface area contributed by atoms with E-state index >= 15 is 0 Å². The van der Waals surface area contributed by atoms with Crippen LogP contribution in [0.4, 0.5) is 0 Å². The summed E-state index contributed by atoms with van der Waals surface area (Å²) in [6, 6.07) is 3.35. The van der Waals surface area contributed by atoms with Crippen molar-refractivity contribution in [1.82, 2.24) is 5.32 Å². The third-order valence-corrected chi connectivity index (χ3v) is 2.44. The van der Waals surface area contributed by atoms with E-state index in [-0.39, 0.29) is 5.75 Å². The van der Waals surface area contributed by atoms with Gasteiger partial charge < -0.3 is 20.3 Å². The number of hydrogen-bond acceptors (Lipinski definition) is 4. The number of hydrogen-bond donors (Lipinski definition) is 3. The molecule has 4 heteroatoms. The van der Waals surface area contributed by atoms with Gasteiger partial charge in [-0.25, -0.2) is 0 Å². The zero-order valence-electron chi connectivity index (χ0n) is 7.95. The zero-order valence-corrected chi connectivity index (χ0v) is 7.95. The number of methoxy groups -OCH3 is 1. The molecular weight excluding hydrogens is 182 g/mol. The number of nitrogens with one attached hydrogen (secondary N) is 1. The van der Waals surface area contributed by atoms with Crippen molar-refractivity contribution >= 4 is 0 Å². The third kappa shape index (κ3) is 1.42. The molecular formula is C10H13NO3. The Morgan fingerprint density at radius 3 is 3.00 bits per heavy atom. The van der Waals surface area contributed by atoms with Gasteiger partial charge in [-0.05, 0) is 11.6 Å². The van der Waals surface area contributed by atoms with Gasteiger partial charge in [0.05, 0.1) is 13.2 Å². The zero-order chi connectivity index (χ0) is 10.1. The number of aliphatic hydroxyl groups excluding tert-OH is 1. The maximum Gasteiger partial charge on any atom is 0.125 e. The summed E-state index contributed by atoms with van der Waals surface area (Å²) in [5, 5.41) is 22.4. The minimum Gasteiger partial charge on any atom is -0.507 e. The fraction of sp³-hybridized carbons (Fsp3) is 0.400. The molecule has 0 aliphatic carbocycles. The molecule has 2 rings (SSSR count). The van der Waals surface area contributed by atoms with E-state index in [1.165, 1.54) is 6.07 Å². The van der Waals surface area contributed by atoms with Crippen LogP contribution in [0.2, 0.25) is 0 Å². The van der Waals surface area contributed by atoms with Gasteiger partial charge in [0.15, 0.2) is 0 Å². The van der Waals surface area contributed by atoms with E-state index in [9.17, 15) is 10.2 Å². The average Bonchev–Trinajstić information content (AvgIpc) is 2.17. The molecule has 0 fully saturated rings. The third-order valence-electron chi connectivity index (χ3n) is 2.44. The summed E-state index contributed by atoms with van der Waals surface area (Å²) in [6.45, 7) is 1.13. The Labute approximate surface area is 82.1 Å². The largest absolute Gasteiger partial charge is 0.507 e. The molecule has 0 bridgehead atoms. The first-order valence-corrected chi connectivity index (χ1v) is 4.51. The number of aromatic hydroxyl groups is 1. The average molecular weight is 195 g/mol. The summed E-state index contributed by atoms with van der Waals surface area (Å²) < 4.78 is 5.03. The Morgan fingerprint density at radius 2 is 2.29 bits per heavy atom. The fourth-order valence-corrected chi connectivity index (χ4v) is 1.76. The van der Waals surface area contributed by atoms with Crippen LogP contribution >= 0.6 is 0 Å². The van der Waals surface area contributed by atoms with E-state index in [4.69, 9.17) is 4.74 Å². The molecule has 1 aromatic carbocycles. The van der Waals surface area contributed by atoms with Gasteiger partial charge in [0.2, 0.25) is 0 Å². The highest BCUT2D eigenvalue weighted by atomic mass is 16.5. The van der Waals surface area contributed by atoms with Crippen molar-refractivity contribution in [2.45, 2.75) is 12.6 Å². The van der Waals surface area contributed by atoms with E-state index in [0.29, 0.717) is 24.4 Å². The van der Waals surface area contributed by atoms with Crippen LogP contribution in [0.15, 0.2) is 12.1 Å². The summed E-state index contributed by atoms with van der Waals surface area (Å²) in [5.74, 6) is 0.713. The van der Waals surface area contributed by atoms with Crippen LogP contribution in [0.1, 0.15) is 17.2 Å². The van der Waals surface area contributed by atoms with Crippen LogP contribution in [-0.2, 0) is 6.54 Å². The molecule has 1 heterocycles. The number of ether oxygens (including phenoxy) is 1. The van der Waals surface area contributed by atoms with E-state index in [1.54, 1.807) is 7.11 Å². The lowest BCUT2D eigenvalue weighted by molar-refractivity contribution is 0.161. The molecule has 4 nitrogen and oxygen atoms in total. The van der Waals surface area contributed by atoms with Crippen molar-refractivity contribution in [3.8, 4) is 11.5 Å². The molecule has 14 heavy (non-hydrogen) atoms. The monoisotopic (exact) mass is 195 g/mol. The van der Waals surface area contributed by atoms with Crippen LogP contribution in [0.5, 0.6) is 11.5 Å². The first-order chi connectivity index (χ1) is 6.72. The first kappa shape index (κ1) is 9.30. The summed E-state index contributed by atoms with van der Waals surface area (Å²) in [5.41, 5.74) is 1.50. The predicted octanol–water partition coefficient (Wildman–Crippen LogP) is 0.537. The van der Waals surface area contributed by atoms with E-state index in [2.05, 4.69) is 5.32 Å². The first-order valence-electron chi connectivity index (χ1n) is 4.51. The van der Waals surface area contributed by atoms with Gasteiger partial charge in [-0.1, -0.05) is 0 Å². The molecule has 0 amide bonds. The maximum absolute atomic E-state index is 9.67. The molecule has 1 aliphatic rings. The molecule has 1 aromatic rings. The smallest absolute Gasteiger partial charge is 0.125 e. The van der Waals surface area contributed by atoms with Gasteiger partial charge >= 0.3 is 0 Å². The van der Waals surface area contributed by atoms with Crippen molar-refractivity contribution in [1.29, 1.82) is 0 Å². The Bertz CT molecular complexity index is 351. The number of phenolic OH excluding ortho intramolecular Hbond substituents is 1. The van der Waals surface area contributed by atoms with Gasteiger partial charge in [0.1, 0.15) is 11.5 Å². The predicted molar refractivity (Wildman–Crippen MR) is 51.3 cm³/mol. The molecule has 0 aromatic heterocycles. The molecule has 3 N–H and O–H groups in total. The highest BCUT2D eigenvalue weighted by Gasteiger charge is 2.21. The molecule has 0 spiro atoms. The Morgan fingerprint density at radius 1 is 1.50 bits per heavy atom. The van der Waals surface area contributed by atoms with Crippen molar-refractivity contribution in [3.63, 3.8) is 0 Å². The number of aliphatic hydroxyl groups is 1. The second-order valence-corrected chi connectivity index (χ2v) is 3.37. The molecule has 1 aliphatic heterocycles. The van der Waals surface area contributed by atoms with Gasteiger partial charge in [-0.3, -0.25) is 0 Å². The topological polar surface area (TPSA) is 61.7 Å². The van der Waals surface area contributed by atoms with E-state index in [0.717, 1.165) is 5.56 Å². The van der Waals surface area contributed by atoms with Crippen molar-refractivity contribution in [2.75, 3.05) is 13.7 Å². The highest BCUT2D eigenvalue weighted by Crippen LogP contribution is 2.34. The second-order valence-electron chi connectivity index (χ2n) is 3.37. The van der Waals surface area contributed by atoms with Crippen LogP contribution in [0.25, 0.3) is 0 Å². The van der Waals surface area contributed by atoms with Crippen molar-refractivity contribution in [3.05, 3.63) is 23.3 Å². The van der Waals surface area contributed by atoms with Gasteiger partial charge in [0, 0.05) is 24.7 Å². The van der Waals surface area contributed by atoms with E-state index in [1.807, 2.05) is 6.07 Å². The van der Waals surface area contributed by atoms with Crippen molar-refractivity contribution < 1.29 is 14.9 Å². The second kappa shape index (κ2) is 3.48. The number of rotatable bonds is 1. The van der Waals surface area contributed by atoms with Crippen LogP contribution in [0.3, 0.4) is 0 Å². The lowest BCUT2D eigenvalue weighted by atomic mass is 9.97. The maximum atomic E-state index is 9.67. The van der Waals surface area contributed by atoms with Crippen molar-refractivity contribution in [2.24, 2.45) is 0 Å². The number of phenols is 1. The summed E-state index contributed by atoms with van der Waals surface area (Å²) >= 11 is 0. The SMILES string of the molecule is COc1cc(O)c2c(c1)CNCC2O. The molecule has 1 unspecified atom stereocenters. The lowest BCUT2D eigenvalue weighted by Crippen LogP contribution is -2.28. The standard InChI is InChI=1S/C10H13NO3/c1-14-7-2-6-4-11-5-9(13)10(6)8(12)3-7/h2-3,9,11-13H,4-5H2,1H3. The molecule has 0 saturated carbocycles. The summed E-state index contributed by atoms with van der Waals surface area (Å²) in [6.07, 6.45) is -0.635. The van der Waals surface area contributed by atoms with Crippen LogP contribution in [-0.4, -0.2) is 23.9 Å². The summed E-state index contributed by atoms with van der Waals surface area (Å²) in [4.78, 5) is 0. The number of β-amino-alcohol motifs (C(OH)–C–C–N with tert-alkyl or cyclic N) is 1. The molecule has 76 valence electrons. The normalized spacial score (nSPS) is 20.3. The lowest BCUT2D eigenvalue weighted by Gasteiger charge is -2.23. The fourth-order valence-electron chi connectivity index (χ4n) is 1.76. The Kier molecular flexibility index (Phi) is 2.31. The van der Waals surface area contributed by atoms with Gasteiger partial charge in [0.25, 0.3) is 0 Å². The molecule has 0 radical (unpaired) electrons. The molecule has 1 atom stereocenters. The quantitative estimate of drug-likeness (QED) is 0.612. The van der Waals surface area contributed by atoms with E-state index < -0.39 is 6.10 Å². The van der Waals surface area contributed by atoms with Gasteiger partial charge in [-0.2, -0.15) is 0 Å². The Balaban J connectivity index is 2.51. The van der Waals surface area contributed by atoms with Crippen LogP contribution in [0, 0.1) is 0 Å². The van der Waals surface area contributed by atoms with Crippen LogP contribution < -0.4 is 10.1 Å². The minimum atomic E-state index is -0.635. The Hall–Kier alpha value is -1.26. The summed E-state index contributed by atoms with van der Waals surface area (Å²) in [7, 11) is 1.55. The molecule has 0 saturated heterocycles. The highest BCUT2D eigenvalue weighted by molar-refractivity contribution is 5.48. The number of fused-ring (bicyclic) bond motifs is 1. The number of benzene rings is 1.